The molecule has 90 valence electrons. The van der Waals surface area contributed by atoms with Gasteiger partial charge in [-0.05, 0) is 12.1 Å². The highest BCUT2D eigenvalue weighted by Gasteiger charge is 2.28. The molecule has 2 atom stereocenters. The fourth-order valence-electron chi connectivity index (χ4n) is 1.11. The molecule has 1 aromatic carbocycles. The Labute approximate surface area is 96.1 Å². The lowest BCUT2D eigenvalue weighted by Crippen LogP contribution is -2.37. The summed E-state index contributed by atoms with van der Waals surface area (Å²) < 4.78 is 26.2. The van der Waals surface area contributed by atoms with Crippen LogP contribution in [0.25, 0.3) is 0 Å². The van der Waals surface area contributed by atoms with E-state index < -0.39 is 35.3 Å². The van der Waals surface area contributed by atoms with Gasteiger partial charge in [0.1, 0.15) is 23.8 Å². The number of rotatable bonds is 3. The van der Waals surface area contributed by atoms with Crippen LogP contribution in [-0.4, -0.2) is 22.2 Å². The van der Waals surface area contributed by atoms with Gasteiger partial charge >= 0.3 is 5.97 Å². The van der Waals surface area contributed by atoms with E-state index in [9.17, 15) is 18.7 Å². The third kappa shape index (κ3) is 2.88. The van der Waals surface area contributed by atoms with Crippen molar-refractivity contribution in [3.63, 3.8) is 0 Å². The molecule has 7 heteroatoms. The second-order valence-corrected chi connectivity index (χ2v) is 2.94. The third-order valence-electron chi connectivity index (χ3n) is 1.92. The molecule has 0 heterocycles. The summed E-state index contributed by atoms with van der Waals surface area (Å²) >= 11 is 0. The van der Waals surface area contributed by atoms with Crippen molar-refractivity contribution in [1.29, 1.82) is 0 Å². The van der Waals surface area contributed by atoms with Gasteiger partial charge in [0, 0.05) is 0 Å². The molecule has 0 aliphatic rings. The monoisotopic (exact) mass is 253 g/mol. The Morgan fingerprint density at radius 1 is 1.31 bits per heavy atom. The second-order valence-electron chi connectivity index (χ2n) is 2.94. The van der Waals surface area contributed by atoms with Crippen LogP contribution < -0.4 is 5.73 Å². The van der Waals surface area contributed by atoms with Crippen molar-refractivity contribution in [2.45, 2.75) is 12.1 Å². The molecule has 0 unspecified atom stereocenters. The molecule has 0 saturated heterocycles. The molecule has 1 rings (SSSR count). The van der Waals surface area contributed by atoms with E-state index in [2.05, 4.69) is 0 Å². The number of nitrogens with two attached hydrogens (primary N) is 1. The first kappa shape index (κ1) is 14.8. The Morgan fingerprint density at radius 2 is 1.75 bits per heavy atom. The lowest BCUT2D eigenvalue weighted by molar-refractivity contribution is -0.141. The van der Waals surface area contributed by atoms with Crippen LogP contribution in [-0.2, 0) is 4.79 Å². The van der Waals surface area contributed by atoms with Gasteiger partial charge in [0.2, 0.25) is 0 Å². The summed E-state index contributed by atoms with van der Waals surface area (Å²) in [7, 11) is 0. The molecule has 0 saturated carbocycles. The average Bonchev–Trinajstić information content (AvgIpc) is 2.15. The number of carboxylic acid groups (broad SMARTS) is 1. The largest absolute Gasteiger partial charge is 0.480 e. The van der Waals surface area contributed by atoms with Gasteiger partial charge in [0.05, 0.1) is 5.56 Å². The number of aliphatic carboxylic acids is 1. The van der Waals surface area contributed by atoms with Gasteiger partial charge in [-0.25, -0.2) is 8.78 Å². The molecule has 0 aromatic heterocycles. The molecular weight excluding hydrogens is 244 g/mol. The van der Waals surface area contributed by atoms with Crippen molar-refractivity contribution in [2.75, 3.05) is 0 Å². The molecule has 1 aromatic rings. The SMILES string of the molecule is Cl.N[C@H](C(=O)O)[C@H](O)c1c(F)cccc1F. The Morgan fingerprint density at radius 3 is 2.12 bits per heavy atom. The van der Waals surface area contributed by atoms with E-state index in [0.29, 0.717) is 0 Å². The van der Waals surface area contributed by atoms with Crippen LogP contribution in [0.1, 0.15) is 11.7 Å². The number of aliphatic hydroxyl groups excluding tert-OH is 1. The first-order valence-corrected chi connectivity index (χ1v) is 4.05. The number of carboxylic acids is 1. The number of aliphatic hydroxyl groups is 1. The number of carbonyl (C=O) groups is 1. The van der Waals surface area contributed by atoms with Gasteiger partial charge in [0.25, 0.3) is 0 Å². The molecule has 0 amide bonds. The van der Waals surface area contributed by atoms with Gasteiger partial charge in [-0.1, -0.05) is 6.07 Å². The standard InChI is InChI=1S/C9H9F2NO3.ClH/c10-4-2-1-3-5(11)6(4)8(13)7(12)9(14)15;/h1-3,7-8,13H,12H2,(H,14,15);1H/t7-,8+;/m0./s1. The van der Waals surface area contributed by atoms with Gasteiger partial charge in [-0.3, -0.25) is 4.79 Å². The third-order valence-corrected chi connectivity index (χ3v) is 1.92. The van der Waals surface area contributed by atoms with E-state index >= 15 is 0 Å². The zero-order chi connectivity index (χ0) is 11.6. The number of hydrogen-bond acceptors (Lipinski definition) is 3. The zero-order valence-corrected chi connectivity index (χ0v) is 8.75. The molecule has 0 radical (unpaired) electrons. The highest BCUT2D eigenvalue weighted by atomic mass is 35.5. The van der Waals surface area contributed by atoms with Crippen LogP contribution in [0.2, 0.25) is 0 Å². The Kier molecular flexibility index (Phi) is 5.29. The summed E-state index contributed by atoms with van der Waals surface area (Å²) in [6.45, 7) is 0. The lowest BCUT2D eigenvalue weighted by atomic mass is 10.0. The topological polar surface area (TPSA) is 83.6 Å². The van der Waals surface area contributed by atoms with E-state index in [4.69, 9.17) is 10.8 Å². The van der Waals surface area contributed by atoms with Crippen molar-refractivity contribution in [3.05, 3.63) is 35.4 Å². The fraction of sp³-hybridized carbons (Fsp3) is 0.222. The minimum atomic E-state index is -1.91. The molecule has 4 nitrogen and oxygen atoms in total. The van der Waals surface area contributed by atoms with Crippen molar-refractivity contribution < 1.29 is 23.8 Å². The van der Waals surface area contributed by atoms with E-state index in [1.54, 1.807) is 0 Å². The molecular formula is C9H10ClF2NO3. The molecule has 16 heavy (non-hydrogen) atoms. The highest BCUT2D eigenvalue weighted by Crippen LogP contribution is 2.22. The molecule has 0 aliphatic carbocycles. The second kappa shape index (κ2) is 5.74. The van der Waals surface area contributed by atoms with Crippen molar-refractivity contribution in [3.8, 4) is 0 Å². The summed E-state index contributed by atoms with van der Waals surface area (Å²) in [6.07, 6.45) is -1.91. The molecule has 0 spiro atoms. The van der Waals surface area contributed by atoms with Crippen molar-refractivity contribution in [2.24, 2.45) is 5.73 Å². The molecule has 0 fully saturated rings. The van der Waals surface area contributed by atoms with E-state index in [1.807, 2.05) is 0 Å². The predicted molar refractivity (Wildman–Crippen MR) is 54.2 cm³/mol. The molecule has 0 aliphatic heterocycles. The van der Waals surface area contributed by atoms with Crippen LogP contribution >= 0.6 is 12.4 Å². The maximum atomic E-state index is 13.1. The predicted octanol–water partition coefficient (Wildman–Crippen LogP) is 0.832. The number of halogens is 3. The first-order valence-electron chi connectivity index (χ1n) is 4.05. The fourth-order valence-corrected chi connectivity index (χ4v) is 1.11. The van der Waals surface area contributed by atoms with Gasteiger partial charge in [0.15, 0.2) is 0 Å². The summed E-state index contributed by atoms with van der Waals surface area (Å²) in [5, 5.41) is 17.8. The zero-order valence-electron chi connectivity index (χ0n) is 7.93. The van der Waals surface area contributed by atoms with Gasteiger partial charge in [-0.15, -0.1) is 12.4 Å². The Hall–Kier alpha value is -1.24. The van der Waals surface area contributed by atoms with E-state index in [1.165, 1.54) is 0 Å². The lowest BCUT2D eigenvalue weighted by Gasteiger charge is -2.16. The van der Waals surface area contributed by atoms with Crippen LogP contribution in [0.3, 0.4) is 0 Å². The highest BCUT2D eigenvalue weighted by molar-refractivity contribution is 5.85. The van der Waals surface area contributed by atoms with Crippen LogP contribution in [0.15, 0.2) is 18.2 Å². The van der Waals surface area contributed by atoms with Crippen molar-refractivity contribution >= 4 is 18.4 Å². The minimum absolute atomic E-state index is 0. The normalized spacial score (nSPS) is 13.8. The summed E-state index contributed by atoms with van der Waals surface area (Å²) in [6, 6.07) is 1.16. The van der Waals surface area contributed by atoms with Crippen LogP contribution in [0.5, 0.6) is 0 Å². The average molecular weight is 254 g/mol. The van der Waals surface area contributed by atoms with Crippen LogP contribution in [0, 0.1) is 11.6 Å². The number of hydrogen-bond donors (Lipinski definition) is 3. The van der Waals surface area contributed by atoms with E-state index in [0.717, 1.165) is 18.2 Å². The Balaban J connectivity index is 0.00000225. The molecule has 4 N–H and O–H groups in total. The first-order chi connectivity index (χ1) is 6.95. The molecule has 0 bridgehead atoms. The number of benzene rings is 1. The van der Waals surface area contributed by atoms with Gasteiger partial charge < -0.3 is 15.9 Å². The van der Waals surface area contributed by atoms with E-state index in [-0.39, 0.29) is 12.4 Å². The Bertz CT molecular complexity index is 369. The summed E-state index contributed by atoms with van der Waals surface area (Å²) in [5.41, 5.74) is 4.32. The summed E-state index contributed by atoms with van der Waals surface area (Å²) in [4.78, 5) is 10.4. The maximum absolute atomic E-state index is 13.1. The minimum Gasteiger partial charge on any atom is -0.480 e. The smallest absolute Gasteiger partial charge is 0.323 e. The van der Waals surface area contributed by atoms with Gasteiger partial charge in [-0.2, -0.15) is 0 Å². The van der Waals surface area contributed by atoms with Crippen molar-refractivity contribution in [1.82, 2.24) is 0 Å². The summed E-state index contributed by atoms with van der Waals surface area (Å²) in [5.74, 6) is -3.59. The quantitative estimate of drug-likeness (QED) is 0.745. The maximum Gasteiger partial charge on any atom is 0.323 e. The van der Waals surface area contributed by atoms with Crippen LogP contribution in [0.4, 0.5) is 8.78 Å².